The van der Waals surface area contributed by atoms with E-state index in [4.69, 9.17) is 11.6 Å². The van der Waals surface area contributed by atoms with Crippen LogP contribution in [0.4, 0.5) is 0 Å². The molecule has 1 rings (SSSR count). The molecule has 4 heteroatoms. The third-order valence-electron chi connectivity index (χ3n) is 3.71. The van der Waals surface area contributed by atoms with Gasteiger partial charge in [0.05, 0.1) is 0 Å². The maximum atomic E-state index is 12.3. The molecule has 1 fully saturated rings. The molecule has 0 aromatic rings. The highest BCUT2D eigenvalue weighted by molar-refractivity contribution is 5.87. The first-order chi connectivity index (χ1) is 8.41. The van der Waals surface area contributed by atoms with Gasteiger partial charge in [-0.2, -0.15) is 0 Å². The maximum absolute atomic E-state index is 12.3. The number of hydrazine groups is 1. The van der Waals surface area contributed by atoms with Crippen molar-refractivity contribution in [1.82, 2.24) is 5.01 Å². The predicted octanol–water partition coefficient (Wildman–Crippen LogP) is 2.16. The molecule has 0 radical (unpaired) electrons. The van der Waals surface area contributed by atoms with Gasteiger partial charge in [-0.1, -0.05) is 27.2 Å². The molecule has 0 saturated heterocycles. The number of hydrogen-bond acceptors (Lipinski definition) is 4. The summed E-state index contributed by atoms with van der Waals surface area (Å²) in [5, 5.41) is 1.61. The Hall–Kier alpha value is -1.03. The van der Waals surface area contributed by atoms with Crippen molar-refractivity contribution in [2.75, 3.05) is 6.54 Å². The number of Topliss-reactive ketones (excluding diaryl/α,β-unsaturated/α-hetero) is 1. The molecule has 0 aliphatic heterocycles. The lowest BCUT2D eigenvalue weighted by atomic mass is 9.61. The molecule has 1 saturated carbocycles. The molecule has 1 aliphatic rings. The first kappa shape index (κ1) is 15.0. The quantitative estimate of drug-likeness (QED) is 0.538. The first-order valence-electron chi connectivity index (χ1n) is 6.93. The SMILES string of the molecule is CCCN(N)/C=C(\N)CC1(C(=O)C(C)C)CCC1. The normalized spacial score (nSPS) is 18.6. The number of hydrogen-bond donors (Lipinski definition) is 2. The van der Waals surface area contributed by atoms with Crippen molar-refractivity contribution in [3.63, 3.8) is 0 Å². The molecule has 0 aromatic heterocycles. The molecule has 0 aromatic carbocycles. The van der Waals surface area contributed by atoms with E-state index in [0.717, 1.165) is 37.9 Å². The van der Waals surface area contributed by atoms with Gasteiger partial charge in [-0.05, 0) is 19.3 Å². The molecule has 0 unspecified atom stereocenters. The van der Waals surface area contributed by atoms with E-state index in [1.165, 1.54) is 0 Å². The lowest BCUT2D eigenvalue weighted by Gasteiger charge is -2.42. The van der Waals surface area contributed by atoms with E-state index in [-0.39, 0.29) is 11.3 Å². The van der Waals surface area contributed by atoms with Gasteiger partial charge in [0, 0.05) is 36.2 Å². The van der Waals surface area contributed by atoms with E-state index >= 15 is 0 Å². The van der Waals surface area contributed by atoms with Crippen LogP contribution in [0.15, 0.2) is 11.9 Å². The van der Waals surface area contributed by atoms with Crippen LogP contribution in [0.3, 0.4) is 0 Å². The van der Waals surface area contributed by atoms with Gasteiger partial charge < -0.3 is 10.7 Å². The van der Waals surface area contributed by atoms with E-state index in [1.807, 2.05) is 13.8 Å². The molecule has 0 heterocycles. The zero-order chi connectivity index (χ0) is 13.8. The van der Waals surface area contributed by atoms with E-state index < -0.39 is 0 Å². The van der Waals surface area contributed by atoms with Gasteiger partial charge in [0.2, 0.25) is 0 Å². The number of allylic oxidation sites excluding steroid dienone is 1. The Morgan fingerprint density at radius 1 is 1.44 bits per heavy atom. The molecule has 18 heavy (non-hydrogen) atoms. The number of nitrogens with two attached hydrogens (primary N) is 2. The van der Waals surface area contributed by atoms with Crippen molar-refractivity contribution >= 4 is 5.78 Å². The fourth-order valence-electron chi connectivity index (χ4n) is 2.70. The summed E-state index contributed by atoms with van der Waals surface area (Å²) in [5.74, 6) is 6.23. The van der Waals surface area contributed by atoms with Crippen LogP contribution in [0.5, 0.6) is 0 Å². The van der Waals surface area contributed by atoms with Gasteiger partial charge in [0.15, 0.2) is 0 Å². The van der Waals surface area contributed by atoms with Gasteiger partial charge >= 0.3 is 0 Å². The molecule has 0 bridgehead atoms. The second-order valence-corrected chi connectivity index (χ2v) is 5.77. The van der Waals surface area contributed by atoms with Crippen LogP contribution < -0.4 is 11.6 Å². The number of nitrogens with zero attached hydrogens (tertiary/aromatic N) is 1. The average molecular weight is 253 g/mol. The molecular weight excluding hydrogens is 226 g/mol. The first-order valence-corrected chi connectivity index (χ1v) is 6.93. The molecule has 104 valence electrons. The van der Waals surface area contributed by atoms with Crippen molar-refractivity contribution < 1.29 is 4.79 Å². The highest BCUT2D eigenvalue weighted by Gasteiger charge is 2.44. The van der Waals surface area contributed by atoms with Crippen LogP contribution in [0.2, 0.25) is 0 Å². The summed E-state index contributed by atoms with van der Waals surface area (Å²) < 4.78 is 0. The van der Waals surface area contributed by atoms with Crippen LogP contribution in [0.25, 0.3) is 0 Å². The van der Waals surface area contributed by atoms with E-state index in [0.29, 0.717) is 12.2 Å². The summed E-state index contributed by atoms with van der Waals surface area (Å²) in [6.07, 6.45) is 6.48. The summed E-state index contributed by atoms with van der Waals surface area (Å²) in [5.41, 5.74) is 6.54. The third kappa shape index (κ3) is 3.48. The van der Waals surface area contributed by atoms with Crippen LogP contribution in [-0.2, 0) is 4.79 Å². The number of ketones is 1. The Morgan fingerprint density at radius 3 is 2.44 bits per heavy atom. The Kier molecular flexibility index (Phi) is 5.20. The van der Waals surface area contributed by atoms with E-state index in [9.17, 15) is 4.79 Å². The van der Waals surface area contributed by atoms with Crippen molar-refractivity contribution in [2.45, 2.75) is 52.9 Å². The second kappa shape index (κ2) is 6.23. The highest BCUT2D eigenvalue weighted by atomic mass is 16.1. The minimum Gasteiger partial charge on any atom is -0.401 e. The molecule has 4 nitrogen and oxygen atoms in total. The Morgan fingerprint density at radius 2 is 2.06 bits per heavy atom. The predicted molar refractivity (Wildman–Crippen MR) is 74.2 cm³/mol. The molecule has 4 N–H and O–H groups in total. The smallest absolute Gasteiger partial charge is 0.141 e. The number of rotatable bonds is 7. The lowest BCUT2D eigenvalue weighted by Crippen LogP contribution is -2.42. The molecule has 0 amide bonds. The van der Waals surface area contributed by atoms with Crippen molar-refractivity contribution in [1.29, 1.82) is 0 Å². The minimum atomic E-state index is -0.207. The van der Waals surface area contributed by atoms with Crippen molar-refractivity contribution in [3.8, 4) is 0 Å². The van der Waals surface area contributed by atoms with Crippen molar-refractivity contribution in [2.24, 2.45) is 22.9 Å². The van der Waals surface area contributed by atoms with Crippen LogP contribution >= 0.6 is 0 Å². The Bertz CT molecular complexity index is 319. The number of carbonyl (C=O) groups excluding carboxylic acids is 1. The van der Waals surface area contributed by atoms with Crippen molar-refractivity contribution in [3.05, 3.63) is 11.9 Å². The molecular formula is C14H27N3O. The zero-order valence-electron chi connectivity index (χ0n) is 11.9. The summed E-state index contributed by atoms with van der Waals surface area (Å²) >= 11 is 0. The number of carbonyl (C=O) groups is 1. The summed E-state index contributed by atoms with van der Waals surface area (Å²) in [7, 11) is 0. The maximum Gasteiger partial charge on any atom is 0.141 e. The van der Waals surface area contributed by atoms with E-state index in [1.54, 1.807) is 11.2 Å². The summed E-state index contributed by atoms with van der Waals surface area (Å²) in [6.45, 7) is 6.79. The van der Waals surface area contributed by atoms with Crippen LogP contribution in [0, 0.1) is 11.3 Å². The second-order valence-electron chi connectivity index (χ2n) is 5.77. The van der Waals surface area contributed by atoms with Gasteiger partial charge in [-0.15, -0.1) is 0 Å². The lowest BCUT2D eigenvalue weighted by molar-refractivity contribution is -0.136. The Balaban J connectivity index is 2.66. The summed E-state index contributed by atoms with van der Waals surface area (Å²) in [4.78, 5) is 12.3. The fourth-order valence-corrected chi connectivity index (χ4v) is 2.70. The van der Waals surface area contributed by atoms with Gasteiger partial charge in [0.1, 0.15) is 5.78 Å². The molecule has 1 aliphatic carbocycles. The topological polar surface area (TPSA) is 72.3 Å². The van der Waals surface area contributed by atoms with Crippen LogP contribution in [0.1, 0.15) is 52.9 Å². The third-order valence-corrected chi connectivity index (χ3v) is 3.71. The van der Waals surface area contributed by atoms with Crippen LogP contribution in [-0.4, -0.2) is 17.3 Å². The fraction of sp³-hybridized carbons (Fsp3) is 0.786. The average Bonchev–Trinajstić information content (AvgIpc) is 2.22. The Labute approximate surface area is 110 Å². The minimum absolute atomic E-state index is 0.0859. The van der Waals surface area contributed by atoms with E-state index in [2.05, 4.69) is 6.92 Å². The molecule has 0 atom stereocenters. The standard InChI is InChI=1S/C14H27N3O/c1-4-8-17(16)10-12(15)9-14(6-5-7-14)13(18)11(2)3/h10-11H,4-9,15-16H2,1-3H3/b12-10-. The highest BCUT2D eigenvalue weighted by Crippen LogP contribution is 2.47. The van der Waals surface area contributed by atoms with Gasteiger partial charge in [0.25, 0.3) is 0 Å². The monoisotopic (exact) mass is 253 g/mol. The zero-order valence-corrected chi connectivity index (χ0v) is 11.9. The van der Waals surface area contributed by atoms with Gasteiger partial charge in [-0.3, -0.25) is 4.79 Å². The summed E-state index contributed by atoms with van der Waals surface area (Å²) in [6, 6.07) is 0. The largest absolute Gasteiger partial charge is 0.401 e. The van der Waals surface area contributed by atoms with Gasteiger partial charge in [-0.25, -0.2) is 5.84 Å². The molecule has 0 spiro atoms.